The smallest absolute Gasteiger partial charge is 0.269 e. The molecule has 7 heteroatoms. The minimum absolute atomic E-state index is 0.0601. The van der Waals surface area contributed by atoms with Crippen LogP contribution >= 0.6 is 0 Å². The summed E-state index contributed by atoms with van der Waals surface area (Å²) in [5.41, 5.74) is 6.85. The van der Waals surface area contributed by atoms with E-state index in [1.54, 1.807) is 30.3 Å². The zero-order valence-electron chi connectivity index (χ0n) is 14.0. The number of carbonyl (C=O) groups excluding carboxylic acids is 1. The molecule has 2 N–H and O–H groups in total. The van der Waals surface area contributed by atoms with Gasteiger partial charge in [-0.15, -0.1) is 0 Å². The van der Waals surface area contributed by atoms with Crippen molar-refractivity contribution < 1.29 is 14.5 Å². The number of carbonyl (C=O) groups is 1. The highest BCUT2D eigenvalue weighted by atomic mass is 16.6. The number of hydrogen-bond acceptors (Lipinski definition) is 6. The molecule has 27 heavy (non-hydrogen) atoms. The predicted octanol–water partition coefficient (Wildman–Crippen LogP) is 3.31. The largest absolute Gasteiger partial charge is 0.439 e. The zero-order chi connectivity index (χ0) is 19.4. The van der Waals surface area contributed by atoms with Crippen LogP contribution in [0.5, 0.6) is 0 Å². The van der Waals surface area contributed by atoms with Crippen LogP contribution in [0.1, 0.15) is 11.1 Å². The number of allylic oxidation sites excluding steroid dienone is 3. The Bertz CT molecular complexity index is 1040. The number of nitriles is 1. The zero-order valence-corrected chi connectivity index (χ0v) is 14.0. The molecule has 0 unspecified atom stereocenters. The van der Waals surface area contributed by atoms with Gasteiger partial charge in [-0.25, -0.2) is 0 Å². The number of non-ortho nitro benzene ring substituents is 1. The van der Waals surface area contributed by atoms with Gasteiger partial charge in [0.1, 0.15) is 11.8 Å². The van der Waals surface area contributed by atoms with Gasteiger partial charge in [-0.05, 0) is 29.8 Å². The second-order valence-electron chi connectivity index (χ2n) is 5.61. The topological polar surface area (TPSA) is 119 Å². The van der Waals surface area contributed by atoms with Crippen LogP contribution in [0.4, 0.5) is 5.69 Å². The molecular formula is C20H13N3O4. The number of Topliss-reactive ketones (excluding diaryl/α,β-unsaturated/α-hetero) is 1. The number of benzene rings is 2. The molecular weight excluding hydrogens is 346 g/mol. The molecule has 1 heterocycles. The fourth-order valence-corrected chi connectivity index (χ4v) is 2.49. The lowest BCUT2D eigenvalue weighted by atomic mass is 10.0. The van der Waals surface area contributed by atoms with Crippen molar-refractivity contribution in [2.75, 3.05) is 0 Å². The number of nitro groups is 1. The van der Waals surface area contributed by atoms with Gasteiger partial charge >= 0.3 is 0 Å². The van der Waals surface area contributed by atoms with Gasteiger partial charge in [-0.1, -0.05) is 30.3 Å². The van der Waals surface area contributed by atoms with Crippen molar-refractivity contribution in [1.29, 1.82) is 5.26 Å². The van der Waals surface area contributed by atoms with Crippen molar-refractivity contribution >= 4 is 23.3 Å². The van der Waals surface area contributed by atoms with Crippen LogP contribution < -0.4 is 5.73 Å². The molecule has 2 aromatic rings. The monoisotopic (exact) mass is 359 g/mol. The fourth-order valence-electron chi connectivity index (χ4n) is 2.49. The fraction of sp³-hybridized carbons (Fsp3) is 0. The van der Waals surface area contributed by atoms with Gasteiger partial charge in [0.25, 0.3) is 5.69 Å². The van der Waals surface area contributed by atoms with Crippen LogP contribution in [0.25, 0.3) is 11.8 Å². The van der Waals surface area contributed by atoms with E-state index >= 15 is 0 Å². The third kappa shape index (κ3) is 3.75. The van der Waals surface area contributed by atoms with Crippen LogP contribution in [0.3, 0.4) is 0 Å². The van der Waals surface area contributed by atoms with Gasteiger partial charge in [-0.3, -0.25) is 14.9 Å². The van der Waals surface area contributed by atoms with Crippen molar-refractivity contribution in [2.45, 2.75) is 0 Å². The molecule has 3 rings (SSSR count). The summed E-state index contributed by atoms with van der Waals surface area (Å²) in [4.78, 5) is 22.9. The van der Waals surface area contributed by atoms with E-state index in [4.69, 9.17) is 10.5 Å². The first kappa shape index (κ1) is 17.6. The maximum Gasteiger partial charge on any atom is 0.269 e. The summed E-state index contributed by atoms with van der Waals surface area (Å²) in [5, 5.41) is 20.1. The summed E-state index contributed by atoms with van der Waals surface area (Å²) >= 11 is 0. The summed E-state index contributed by atoms with van der Waals surface area (Å²) < 4.78 is 5.53. The molecule has 0 fully saturated rings. The third-order valence-electron chi connectivity index (χ3n) is 3.84. The molecule has 0 atom stereocenters. The van der Waals surface area contributed by atoms with E-state index in [-0.39, 0.29) is 22.7 Å². The Balaban J connectivity index is 2.11. The molecule has 0 spiro atoms. The number of ketones is 1. The van der Waals surface area contributed by atoms with E-state index in [1.807, 2.05) is 6.07 Å². The van der Waals surface area contributed by atoms with Crippen molar-refractivity contribution in [3.8, 4) is 6.07 Å². The van der Waals surface area contributed by atoms with Gasteiger partial charge in [-0.2, -0.15) is 5.26 Å². The Hall–Kier alpha value is -4.18. The highest BCUT2D eigenvalue weighted by Gasteiger charge is 2.24. The summed E-state index contributed by atoms with van der Waals surface area (Å²) in [6.07, 6.45) is 3.02. The number of ether oxygens (including phenoxy) is 1. The molecule has 1 aliphatic rings. The Morgan fingerprint density at radius 2 is 1.78 bits per heavy atom. The quantitative estimate of drug-likeness (QED) is 0.510. The summed E-state index contributed by atoms with van der Waals surface area (Å²) in [6.45, 7) is 0. The average molecular weight is 359 g/mol. The van der Waals surface area contributed by atoms with Crippen LogP contribution in [0.15, 0.2) is 77.7 Å². The number of hydrogen-bond donors (Lipinski definition) is 1. The first-order valence-corrected chi connectivity index (χ1v) is 7.85. The minimum atomic E-state index is -0.584. The van der Waals surface area contributed by atoms with Crippen molar-refractivity contribution in [3.63, 3.8) is 0 Å². The average Bonchev–Trinajstić information content (AvgIpc) is 2.79. The number of nitrogens with zero attached hydrogens (tertiary/aromatic N) is 2. The van der Waals surface area contributed by atoms with E-state index in [0.717, 1.165) is 0 Å². The van der Waals surface area contributed by atoms with Crippen molar-refractivity contribution in [2.24, 2.45) is 5.73 Å². The van der Waals surface area contributed by atoms with E-state index in [9.17, 15) is 20.2 Å². The van der Waals surface area contributed by atoms with Crippen molar-refractivity contribution in [3.05, 3.63) is 98.9 Å². The normalized spacial score (nSPS) is 15.6. The molecule has 2 aromatic carbocycles. The van der Waals surface area contributed by atoms with E-state index in [2.05, 4.69) is 0 Å². The molecule has 132 valence electrons. The molecule has 0 radical (unpaired) electrons. The molecule has 0 aliphatic carbocycles. The summed E-state index contributed by atoms with van der Waals surface area (Å²) in [6, 6.07) is 16.5. The number of nitrogens with two attached hydrogens (primary N) is 1. The molecule has 0 saturated heterocycles. The van der Waals surface area contributed by atoms with Crippen LogP contribution in [-0.4, -0.2) is 10.7 Å². The minimum Gasteiger partial charge on any atom is -0.439 e. The first-order valence-electron chi connectivity index (χ1n) is 7.85. The van der Waals surface area contributed by atoms with Gasteiger partial charge in [0, 0.05) is 23.3 Å². The maximum absolute atomic E-state index is 12.7. The van der Waals surface area contributed by atoms with Gasteiger partial charge in [0.05, 0.1) is 4.92 Å². The molecule has 0 aromatic heterocycles. The standard InChI is InChI=1S/C20H13N3O4/c21-12-17-19(24)15(10-13-6-8-16(9-7-13)23(25)26)11-18(27-20(17)22)14-4-2-1-3-5-14/h1-11H,22H2. The molecule has 7 nitrogen and oxygen atoms in total. The Morgan fingerprint density at radius 3 is 2.37 bits per heavy atom. The van der Waals surface area contributed by atoms with Crippen LogP contribution in [0, 0.1) is 21.4 Å². The molecule has 0 bridgehead atoms. The summed E-state index contributed by atoms with van der Waals surface area (Å²) in [7, 11) is 0. The third-order valence-corrected chi connectivity index (χ3v) is 3.84. The van der Waals surface area contributed by atoms with E-state index in [1.165, 1.54) is 36.4 Å². The lowest BCUT2D eigenvalue weighted by Crippen LogP contribution is -2.10. The Kier molecular flexibility index (Phi) is 4.82. The van der Waals surface area contributed by atoms with Gasteiger partial charge in [0.15, 0.2) is 5.57 Å². The van der Waals surface area contributed by atoms with Crippen molar-refractivity contribution in [1.82, 2.24) is 0 Å². The maximum atomic E-state index is 12.7. The molecule has 0 amide bonds. The number of rotatable bonds is 3. The van der Waals surface area contributed by atoms with Gasteiger partial charge in [0.2, 0.25) is 11.7 Å². The Morgan fingerprint density at radius 1 is 1.11 bits per heavy atom. The lowest BCUT2D eigenvalue weighted by molar-refractivity contribution is -0.384. The number of nitro benzene ring substituents is 1. The van der Waals surface area contributed by atoms with E-state index < -0.39 is 10.7 Å². The predicted molar refractivity (Wildman–Crippen MR) is 98.4 cm³/mol. The highest BCUT2D eigenvalue weighted by Crippen LogP contribution is 2.27. The first-order chi connectivity index (χ1) is 13.0. The SMILES string of the molecule is N#CC1=C(N)OC(c2ccccc2)=CC(=Cc2ccc([N+](=O)[O-])cc2)C1=O. The summed E-state index contributed by atoms with van der Waals surface area (Å²) in [5.74, 6) is -0.538. The molecule has 1 aliphatic heterocycles. The lowest BCUT2D eigenvalue weighted by Gasteiger charge is -2.08. The second-order valence-corrected chi connectivity index (χ2v) is 5.61. The van der Waals surface area contributed by atoms with Crippen LogP contribution in [-0.2, 0) is 9.53 Å². The molecule has 0 saturated carbocycles. The second kappa shape index (κ2) is 7.37. The van der Waals surface area contributed by atoms with E-state index in [0.29, 0.717) is 16.9 Å². The van der Waals surface area contributed by atoms with Crippen LogP contribution in [0.2, 0.25) is 0 Å². The Labute approximate surface area is 154 Å². The highest BCUT2D eigenvalue weighted by molar-refractivity contribution is 6.16. The van der Waals surface area contributed by atoms with Gasteiger partial charge < -0.3 is 10.5 Å².